The smallest absolute Gasteiger partial charge is 0.242 e. The highest BCUT2D eigenvalue weighted by Gasteiger charge is 2.28. The molecule has 0 unspecified atom stereocenters. The molecule has 0 saturated carbocycles. The van der Waals surface area contributed by atoms with Crippen LogP contribution in [0.1, 0.15) is 73.5 Å². The fourth-order valence-electron chi connectivity index (χ4n) is 4.66. The van der Waals surface area contributed by atoms with Crippen molar-refractivity contribution in [3.05, 3.63) is 33.6 Å². The van der Waals surface area contributed by atoms with Crippen LogP contribution in [0.2, 0.25) is 0 Å². The lowest BCUT2D eigenvalue weighted by Crippen LogP contribution is -2.53. The number of rotatable bonds is 5. The number of amides is 1. The van der Waals surface area contributed by atoms with E-state index in [0.717, 1.165) is 79.8 Å². The lowest BCUT2D eigenvalue weighted by atomic mass is 10.1. The number of aromatic nitrogens is 2. The van der Waals surface area contributed by atoms with Crippen molar-refractivity contribution in [2.75, 3.05) is 36.4 Å². The van der Waals surface area contributed by atoms with E-state index in [9.17, 15) is 10.1 Å². The van der Waals surface area contributed by atoms with Gasteiger partial charge in [-0.15, -0.1) is 11.3 Å². The number of hydrogen-bond donors (Lipinski definition) is 1. The molecule has 1 fully saturated rings. The molecule has 4 rings (SSSR count). The normalized spacial score (nSPS) is 17.9. The second-order valence-corrected chi connectivity index (χ2v) is 10.6. The minimum Gasteiger partial charge on any atom is -0.354 e. The molecule has 1 aliphatic heterocycles. The standard InChI is InChI=1S/C25H34N6OS/c1-16(2)23-27-17(3)14-22(28-23)31-12-10-30(11-13-31)18(4)24(32)29-25-20(15-26)19-8-6-5-7-9-21(19)33-25/h14,16,18H,5-13H2,1-4H3,(H,29,32)/t18-/m1/s1. The van der Waals surface area contributed by atoms with Crippen molar-refractivity contribution in [3.63, 3.8) is 0 Å². The molecule has 176 valence electrons. The molecule has 2 aromatic heterocycles. The molecule has 1 N–H and O–H groups in total. The Morgan fingerprint density at radius 1 is 1.12 bits per heavy atom. The number of nitrogens with one attached hydrogen (secondary N) is 1. The van der Waals surface area contributed by atoms with Gasteiger partial charge in [0.2, 0.25) is 5.91 Å². The Hall–Kier alpha value is -2.50. The molecule has 0 aromatic carbocycles. The molecule has 0 bridgehead atoms. The van der Waals surface area contributed by atoms with Crippen LogP contribution in [0.4, 0.5) is 10.8 Å². The van der Waals surface area contributed by atoms with Crippen LogP contribution in [0.25, 0.3) is 0 Å². The van der Waals surface area contributed by atoms with Crippen molar-refractivity contribution in [1.82, 2.24) is 14.9 Å². The van der Waals surface area contributed by atoms with Crippen molar-refractivity contribution in [2.45, 2.75) is 71.8 Å². The molecular formula is C25H34N6OS. The van der Waals surface area contributed by atoms with Crippen molar-refractivity contribution in [1.29, 1.82) is 5.26 Å². The van der Waals surface area contributed by atoms with Gasteiger partial charge in [0, 0.05) is 48.7 Å². The summed E-state index contributed by atoms with van der Waals surface area (Å²) in [4.78, 5) is 28.2. The summed E-state index contributed by atoms with van der Waals surface area (Å²) in [7, 11) is 0. The van der Waals surface area contributed by atoms with Gasteiger partial charge in [0.05, 0.1) is 11.6 Å². The van der Waals surface area contributed by atoms with E-state index in [0.29, 0.717) is 11.5 Å². The predicted octanol–water partition coefficient (Wildman–Crippen LogP) is 4.26. The second kappa shape index (κ2) is 10.2. The number of nitriles is 1. The molecule has 2 aliphatic rings. The molecule has 3 heterocycles. The first-order valence-corrected chi connectivity index (χ1v) is 12.9. The average Bonchev–Trinajstić information content (AvgIpc) is 2.96. The molecule has 1 amide bonds. The number of thiophene rings is 1. The Balaban J connectivity index is 1.39. The lowest BCUT2D eigenvalue weighted by molar-refractivity contribution is -0.120. The highest BCUT2D eigenvalue weighted by molar-refractivity contribution is 7.16. The summed E-state index contributed by atoms with van der Waals surface area (Å²) in [5.74, 6) is 2.11. The van der Waals surface area contributed by atoms with Gasteiger partial charge in [-0.1, -0.05) is 20.3 Å². The fourth-order valence-corrected chi connectivity index (χ4v) is 5.91. The number of piperazine rings is 1. The topological polar surface area (TPSA) is 85.1 Å². The highest BCUT2D eigenvalue weighted by Crippen LogP contribution is 2.37. The van der Waals surface area contributed by atoms with E-state index >= 15 is 0 Å². The van der Waals surface area contributed by atoms with Crippen molar-refractivity contribution in [3.8, 4) is 6.07 Å². The number of carbonyl (C=O) groups is 1. The van der Waals surface area contributed by atoms with Gasteiger partial charge >= 0.3 is 0 Å². The van der Waals surface area contributed by atoms with Crippen LogP contribution < -0.4 is 10.2 Å². The third kappa shape index (κ3) is 5.20. The van der Waals surface area contributed by atoms with Gasteiger partial charge in [-0.25, -0.2) is 9.97 Å². The molecule has 8 heteroatoms. The van der Waals surface area contributed by atoms with E-state index in [1.165, 1.54) is 11.3 Å². The van der Waals surface area contributed by atoms with Gasteiger partial charge in [-0.05, 0) is 45.1 Å². The van der Waals surface area contributed by atoms with Crippen LogP contribution in [0.5, 0.6) is 0 Å². The number of carbonyl (C=O) groups excluding carboxylic acids is 1. The van der Waals surface area contributed by atoms with Crippen LogP contribution >= 0.6 is 11.3 Å². The first kappa shape index (κ1) is 23.7. The van der Waals surface area contributed by atoms with Crippen LogP contribution in [0.3, 0.4) is 0 Å². The Morgan fingerprint density at radius 2 is 1.85 bits per heavy atom. The van der Waals surface area contributed by atoms with Gasteiger partial charge < -0.3 is 10.2 Å². The zero-order valence-corrected chi connectivity index (χ0v) is 21.0. The predicted molar refractivity (Wildman–Crippen MR) is 133 cm³/mol. The molecule has 1 aliphatic carbocycles. The summed E-state index contributed by atoms with van der Waals surface area (Å²) in [6, 6.07) is 4.15. The number of anilines is 2. The zero-order chi connectivity index (χ0) is 23.5. The maximum absolute atomic E-state index is 13.1. The number of fused-ring (bicyclic) bond motifs is 1. The lowest BCUT2D eigenvalue weighted by Gasteiger charge is -2.38. The summed E-state index contributed by atoms with van der Waals surface area (Å²) >= 11 is 1.60. The molecular weight excluding hydrogens is 432 g/mol. The Kier molecular flexibility index (Phi) is 7.30. The van der Waals surface area contributed by atoms with E-state index in [-0.39, 0.29) is 11.9 Å². The van der Waals surface area contributed by atoms with Gasteiger partial charge in [0.15, 0.2) is 0 Å². The molecule has 33 heavy (non-hydrogen) atoms. The van der Waals surface area contributed by atoms with Crippen molar-refractivity contribution in [2.24, 2.45) is 0 Å². The minimum absolute atomic E-state index is 0.0312. The van der Waals surface area contributed by atoms with Crippen LogP contribution in [0.15, 0.2) is 6.07 Å². The molecule has 0 radical (unpaired) electrons. The number of aryl methyl sites for hydroxylation is 2. The third-order valence-electron chi connectivity index (χ3n) is 6.71. The average molecular weight is 467 g/mol. The van der Waals surface area contributed by atoms with E-state index in [4.69, 9.17) is 4.98 Å². The summed E-state index contributed by atoms with van der Waals surface area (Å²) in [6.45, 7) is 11.4. The molecule has 7 nitrogen and oxygen atoms in total. The minimum atomic E-state index is -0.251. The molecule has 1 atom stereocenters. The first-order chi connectivity index (χ1) is 15.9. The van der Waals surface area contributed by atoms with Crippen LogP contribution in [-0.4, -0.2) is 53.0 Å². The van der Waals surface area contributed by atoms with Gasteiger partial charge in [-0.2, -0.15) is 5.26 Å². The second-order valence-electron chi connectivity index (χ2n) is 9.45. The van der Waals surface area contributed by atoms with Gasteiger partial charge in [0.1, 0.15) is 22.7 Å². The summed E-state index contributed by atoms with van der Waals surface area (Å²) in [6.07, 6.45) is 5.46. The van der Waals surface area contributed by atoms with Crippen LogP contribution in [0, 0.1) is 18.3 Å². The Bertz CT molecular complexity index is 1050. The highest BCUT2D eigenvalue weighted by atomic mass is 32.1. The molecule has 1 saturated heterocycles. The summed E-state index contributed by atoms with van der Waals surface area (Å²) in [5.41, 5.74) is 2.83. The molecule has 2 aromatic rings. The Labute approximate surface area is 200 Å². The SMILES string of the molecule is Cc1cc(N2CCN([C@H](C)C(=O)Nc3sc4c(c3C#N)CCCCC4)CC2)nc(C(C)C)n1. The van der Waals surface area contributed by atoms with E-state index < -0.39 is 0 Å². The van der Waals surface area contributed by atoms with Crippen molar-refractivity contribution >= 4 is 28.1 Å². The zero-order valence-electron chi connectivity index (χ0n) is 20.1. The maximum Gasteiger partial charge on any atom is 0.242 e. The summed E-state index contributed by atoms with van der Waals surface area (Å²) < 4.78 is 0. The number of hydrogen-bond acceptors (Lipinski definition) is 7. The van der Waals surface area contributed by atoms with Gasteiger partial charge in [0.25, 0.3) is 0 Å². The third-order valence-corrected chi connectivity index (χ3v) is 7.92. The number of nitrogens with zero attached hydrogens (tertiary/aromatic N) is 5. The quantitative estimate of drug-likeness (QED) is 0.663. The summed E-state index contributed by atoms with van der Waals surface area (Å²) in [5, 5.41) is 13.6. The van der Waals surface area contributed by atoms with Crippen molar-refractivity contribution < 1.29 is 4.79 Å². The van der Waals surface area contributed by atoms with Gasteiger partial charge in [-0.3, -0.25) is 9.69 Å². The fraction of sp³-hybridized carbons (Fsp3) is 0.600. The Morgan fingerprint density at radius 3 is 2.55 bits per heavy atom. The first-order valence-electron chi connectivity index (χ1n) is 12.1. The monoisotopic (exact) mass is 466 g/mol. The molecule has 0 spiro atoms. The van der Waals surface area contributed by atoms with E-state index in [1.54, 1.807) is 11.3 Å². The van der Waals surface area contributed by atoms with E-state index in [2.05, 4.69) is 40.0 Å². The van der Waals surface area contributed by atoms with E-state index in [1.807, 2.05) is 19.9 Å². The van der Waals surface area contributed by atoms with Crippen LogP contribution in [-0.2, 0) is 17.6 Å². The maximum atomic E-state index is 13.1. The largest absolute Gasteiger partial charge is 0.354 e.